The van der Waals surface area contributed by atoms with Crippen LogP contribution in [0.15, 0.2) is 35.2 Å². The number of hydrogen-bond donors (Lipinski definition) is 0. The van der Waals surface area contributed by atoms with Crippen LogP contribution in [0.3, 0.4) is 0 Å². The van der Waals surface area contributed by atoms with Gasteiger partial charge in [0.15, 0.2) is 0 Å². The van der Waals surface area contributed by atoms with Crippen molar-refractivity contribution in [3.05, 3.63) is 64.2 Å². The van der Waals surface area contributed by atoms with E-state index < -0.39 is 21.7 Å². The second-order valence-corrected chi connectivity index (χ2v) is 10.1. The molecule has 3 nitrogen and oxygen atoms in total. The molecule has 0 bridgehead atoms. The van der Waals surface area contributed by atoms with Crippen LogP contribution in [-0.4, -0.2) is 31.6 Å². The van der Waals surface area contributed by atoms with Crippen molar-refractivity contribution in [1.82, 2.24) is 4.31 Å². The Bertz CT molecular complexity index is 937. The van der Waals surface area contributed by atoms with E-state index in [2.05, 4.69) is 0 Å². The number of nitrogens with zero attached hydrogens (tertiary/aromatic N) is 1. The molecule has 0 N–H and O–H groups in total. The molecule has 1 aliphatic rings. The van der Waals surface area contributed by atoms with Crippen LogP contribution in [0.2, 0.25) is 0 Å². The molecule has 2 aromatic carbocycles. The van der Waals surface area contributed by atoms with Crippen LogP contribution in [0.5, 0.6) is 0 Å². The van der Waals surface area contributed by atoms with Gasteiger partial charge < -0.3 is 0 Å². The molecule has 146 valence electrons. The first-order chi connectivity index (χ1) is 12.7. The zero-order valence-corrected chi connectivity index (χ0v) is 17.3. The molecule has 27 heavy (non-hydrogen) atoms. The maximum Gasteiger partial charge on any atom is 0.243 e. The van der Waals surface area contributed by atoms with Gasteiger partial charge in [0.05, 0.1) is 4.90 Å². The fourth-order valence-corrected chi connectivity index (χ4v) is 6.93. The predicted molar refractivity (Wildman–Crippen MR) is 106 cm³/mol. The summed E-state index contributed by atoms with van der Waals surface area (Å²) in [6, 6.07) is 7.18. The molecule has 7 heteroatoms. The van der Waals surface area contributed by atoms with Crippen molar-refractivity contribution >= 4 is 21.8 Å². The standard InChI is InChI=1S/C20H23F2NO2S2/c1-13-10-14(2)20(15(3)11-13)27(24,25)23-7-6-19(26-9-8-23)17-12-16(21)4-5-18(17)22/h4-5,10-12,19H,6-9H2,1-3H3. The van der Waals surface area contributed by atoms with Gasteiger partial charge in [-0.15, -0.1) is 0 Å². The van der Waals surface area contributed by atoms with Crippen molar-refractivity contribution in [3.63, 3.8) is 0 Å². The molecule has 1 atom stereocenters. The van der Waals surface area contributed by atoms with E-state index in [4.69, 9.17) is 0 Å². The molecule has 0 saturated carbocycles. The third kappa shape index (κ3) is 4.20. The molecule has 0 radical (unpaired) electrons. The second-order valence-electron chi connectivity index (χ2n) is 6.95. The van der Waals surface area contributed by atoms with Gasteiger partial charge in [-0.05, 0) is 56.5 Å². The SMILES string of the molecule is Cc1cc(C)c(S(=O)(=O)N2CCSC(c3cc(F)ccc3F)CC2)c(C)c1. The summed E-state index contributed by atoms with van der Waals surface area (Å²) in [4.78, 5) is 0.355. The Morgan fingerprint density at radius 1 is 1.04 bits per heavy atom. The lowest BCUT2D eigenvalue weighted by Gasteiger charge is -2.23. The quantitative estimate of drug-likeness (QED) is 0.731. The first-order valence-corrected chi connectivity index (χ1v) is 11.3. The summed E-state index contributed by atoms with van der Waals surface area (Å²) >= 11 is 1.47. The zero-order chi connectivity index (χ0) is 19.8. The minimum absolute atomic E-state index is 0.263. The molecule has 1 saturated heterocycles. The van der Waals surface area contributed by atoms with E-state index in [0.717, 1.165) is 28.8 Å². The van der Waals surface area contributed by atoms with Gasteiger partial charge in [-0.2, -0.15) is 16.1 Å². The highest BCUT2D eigenvalue weighted by Crippen LogP contribution is 2.37. The van der Waals surface area contributed by atoms with Gasteiger partial charge in [0, 0.05) is 29.7 Å². The summed E-state index contributed by atoms with van der Waals surface area (Å²) in [6.45, 7) is 6.20. The molecule has 1 heterocycles. The van der Waals surface area contributed by atoms with E-state index in [9.17, 15) is 17.2 Å². The monoisotopic (exact) mass is 411 g/mol. The first-order valence-electron chi connectivity index (χ1n) is 8.84. The normalized spacial score (nSPS) is 19.1. The number of rotatable bonds is 3. The third-order valence-electron chi connectivity index (χ3n) is 4.81. The minimum Gasteiger partial charge on any atom is -0.207 e. The van der Waals surface area contributed by atoms with Crippen molar-refractivity contribution in [3.8, 4) is 0 Å². The molecule has 1 fully saturated rings. The Morgan fingerprint density at radius 2 is 1.70 bits per heavy atom. The Morgan fingerprint density at radius 3 is 2.37 bits per heavy atom. The summed E-state index contributed by atoms with van der Waals surface area (Å²) < 4.78 is 55.6. The maximum absolute atomic E-state index is 14.1. The summed E-state index contributed by atoms with van der Waals surface area (Å²) in [5.41, 5.74) is 2.80. The second kappa shape index (κ2) is 7.89. The zero-order valence-electron chi connectivity index (χ0n) is 15.6. The molecule has 0 spiro atoms. The number of sulfonamides is 1. The number of hydrogen-bond acceptors (Lipinski definition) is 3. The lowest BCUT2D eigenvalue weighted by atomic mass is 10.1. The number of benzene rings is 2. The topological polar surface area (TPSA) is 37.4 Å². The van der Waals surface area contributed by atoms with Crippen LogP contribution < -0.4 is 0 Å². The molecule has 1 unspecified atom stereocenters. The number of halogens is 2. The fraction of sp³-hybridized carbons (Fsp3) is 0.400. The van der Waals surface area contributed by atoms with E-state index >= 15 is 0 Å². The van der Waals surface area contributed by atoms with Crippen LogP contribution in [-0.2, 0) is 10.0 Å². The molecule has 3 rings (SSSR count). The van der Waals surface area contributed by atoms with E-state index in [0.29, 0.717) is 29.2 Å². The minimum atomic E-state index is -3.64. The van der Waals surface area contributed by atoms with Gasteiger partial charge in [-0.25, -0.2) is 17.2 Å². The number of aryl methyl sites for hydroxylation is 3. The number of thioether (sulfide) groups is 1. The average Bonchev–Trinajstić information content (AvgIpc) is 2.82. The van der Waals surface area contributed by atoms with Crippen LogP contribution in [0.25, 0.3) is 0 Å². The van der Waals surface area contributed by atoms with Gasteiger partial charge in [-0.3, -0.25) is 0 Å². The molecule has 2 aromatic rings. The summed E-state index contributed by atoms with van der Waals surface area (Å²) in [6.07, 6.45) is 0.439. The van der Waals surface area contributed by atoms with E-state index in [1.165, 1.54) is 22.1 Å². The molecule has 1 aliphatic heterocycles. The first kappa shape index (κ1) is 20.3. The van der Waals surface area contributed by atoms with Crippen molar-refractivity contribution in [1.29, 1.82) is 0 Å². The van der Waals surface area contributed by atoms with Crippen LogP contribution in [0.1, 0.15) is 33.9 Å². The van der Waals surface area contributed by atoms with E-state index in [1.54, 1.807) is 0 Å². The van der Waals surface area contributed by atoms with E-state index in [1.807, 2.05) is 32.9 Å². The predicted octanol–water partition coefficient (Wildman–Crippen LogP) is 4.76. The van der Waals surface area contributed by atoms with Crippen molar-refractivity contribution in [2.45, 2.75) is 37.3 Å². The fourth-order valence-electron chi connectivity index (χ4n) is 3.70. The summed E-state index contributed by atoms with van der Waals surface area (Å²) in [7, 11) is -3.64. The Balaban J connectivity index is 1.87. The van der Waals surface area contributed by atoms with Crippen LogP contribution in [0, 0.1) is 32.4 Å². The molecular weight excluding hydrogens is 388 g/mol. The van der Waals surface area contributed by atoms with Crippen molar-refractivity contribution in [2.75, 3.05) is 18.8 Å². The smallest absolute Gasteiger partial charge is 0.207 e. The lowest BCUT2D eigenvalue weighted by Crippen LogP contribution is -2.34. The van der Waals surface area contributed by atoms with Gasteiger partial charge in [0.2, 0.25) is 10.0 Å². The Labute approximate surface area is 163 Å². The maximum atomic E-state index is 14.1. The highest BCUT2D eigenvalue weighted by atomic mass is 32.2. The van der Waals surface area contributed by atoms with Gasteiger partial charge in [0.25, 0.3) is 0 Å². The average molecular weight is 412 g/mol. The Hall–Kier alpha value is -1.44. The lowest BCUT2D eigenvalue weighted by molar-refractivity contribution is 0.426. The molecule has 0 aromatic heterocycles. The van der Waals surface area contributed by atoms with Crippen molar-refractivity contribution in [2.24, 2.45) is 0 Å². The van der Waals surface area contributed by atoms with Gasteiger partial charge >= 0.3 is 0 Å². The van der Waals surface area contributed by atoms with Crippen LogP contribution in [0.4, 0.5) is 8.78 Å². The van der Waals surface area contributed by atoms with Crippen LogP contribution >= 0.6 is 11.8 Å². The molecule has 0 amide bonds. The van der Waals surface area contributed by atoms with E-state index in [-0.39, 0.29) is 11.8 Å². The summed E-state index contributed by atoms with van der Waals surface area (Å²) in [5, 5.41) is -0.263. The van der Waals surface area contributed by atoms with Gasteiger partial charge in [0.1, 0.15) is 11.6 Å². The molecular formula is C20H23F2NO2S2. The third-order valence-corrected chi connectivity index (χ3v) is 8.32. The van der Waals surface area contributed by atoms with Crippen molar-refractivity contribution < 1.29 is 17.2 Å². The largest absolute Gasteiger partial charge is 0.243 e. The highest BCUT2D eigenvalue weighted by Gasteiger charge is 2.31. The highest BCUT2D eigenvalue weighted by molar-refractivity contribution is 7.99. The van der Waals surface area contributed by atoms with Gasteiger partial charge in [-0.1, -0.05) is 17.7 Å². The molecule has 0 aliphatic carbocycles. The summed E-state index contributed by atoms with van der Waals surface area (Å²) in [5.74, 6) is -0.397. The Kier molecular flexibility index (Phi) is 5.93.